The van der Waals surface area contributed by atoms with Crippen molar-refractivity contribution in [1.82, 2.24) is 15.1 Å². The number of H-pyrrole nitrogens is 1. The summed E-state index contributed by atoms with van der Waals surface area (Å²) in [5.41, 5.74) is -0.760. The summed E-state index contributed by atoms with van der Waals surface area (Å²) in [6, 6.07) is 6.42. The van der Waals surface area contributed by atoms with Crippen molar-refractivity contribution < 1.29 is 17.9 Å². The van der Waals surface area contributed by atoms with Gasteiger partial charge in [-0.25, -0.2) is 5.10 Å². The number of halogens is 3. The van der Waals surface area contributed by atoms with Crippen LogP contribution < -0.4 is 10.3 Å². The fraction of sp³-hybridized carbons (Fsp3) is 0.444. The number of nitrogens with zero attached hydrogens (tertiary/aromatic N) is 2. The number of benzene rings is 1. The van der Waals surface area contributed by atoms with Crippen molar-refractivity contribution in [3.63, 3.8) is 0 Å². The number of alkyl halides is 3. The molecule has 140 valence electrons. The maximum absolute atomic E-state index is 13.5. The Morgan fingerprint density at radius 1 is 1.15 bits per heavy atom. The van der Waals surface area contributed by atoms with Gasteiger partial charge in [0.1, 0.15) is 12.0 Å². The minimum atomic E-state index is -4.56. The van der Waals surface area contributed by atoms with Crippen LogP contribution in [0.25, 0.3) is 11.3 Å². The number of likely N-dealkylation sites (tertiary alicyclic amines) is 1. The summed E-state index contributed by atoms with van der Waals surface area (Å²) in [6.07, 6.45) is -1.81. The number of hydrogen-bond acceptors (Lipinski definition) is 4. The molecule has 0 spiro atoms. The van der Waals surface area contributed by atoms with E-state index in [9.17, 15) is 18.0 Å². The number of piperidine rings is 1. The monoisotopic (exact) mass is 367 g/mol. The molecule has 2 aromatic rings. The lowest BCUT2D eigenvalue weighted by Gasteiger charge is -2.32. The predicted octanol–water partition coefficient (Wildman–Crippen LogP) is 3.67. The molecule has 5 nitrogen and oxygen atoms in total. The molecule has 1 aliphatic rings. The van der Waals surface area contributed by atoms with Crippen molar-refractivity contribution in [3.05, 3.63) is 46.2 Å². The van der Waals surface area contributed by atoms with E-state index in [2.05, 4.69) is 10.2 Å². The summed E-state index contributed by atoms with van der Waals surface area (Å²) in [5, 5.41) is 6.00. The average Bonchev–Trinajstić information content (AvgIpc) is 2.62. The normalized spacial score (nSPS) is 17.1. The highest BCUT2D eigenvalue weighted by atomic mass is 19.4. The van der Waals surface area contributed by atoms with Gasteiger partial charge >= 0.3 is 6.18 Å². The Morgan fingerprint density at radius 2 is 1.88 bits per heavy atom. The Hall–Kier alpha value is -2.35. The molecule has 0 bridgehead atoms. The molecule has 1 N–H and O–H groups in total. The Kier molecular flexibility index (Phi) is 5.31. The molecule has 2 heterocycles. The zero-order chi connectivity index (χ0) is 18.7. The molecule has 0 saturated carbocycles. The van der Waals surface area contributed by atoms with Gasteiger partial charge in [-0.05, 0) is 44.0 Å². The predicted molar refractivity (Wildman–Crippen MR) is 90.8 cm³/mol. The van der Waals surface area contributed by atoms with Crippen LogP contribution in [0.1, 0.15) is 31.7 Å². The van der Waals surface area contributed by atoms with Crippen LogP contribution in [0.4, 0.5) is 13.2 Å². The number of aromatic amines is 1. The third-order valence-corrected chi connectivity index (χ3v) is 4.46. The van der Waals surface area contributed by atoms with Crippen LogP contribution in [0.2, 0.25) is 0 Å². The van der Waals surface area contributed by atoms with Crippen LogP contribution in [-0.2, 0) is 6.18 Å². The molecule has 1 fully saturated rings. The number of hydrogen-bond donors (Lipinski definition) is 1. The lowest BCUT2D eigenvalue weighted by Crippen LogP contribution is -2.41. The first kappa shape index (κ1) is 18.4. The van der Waals surface area contributed by atoms with E-state index in [1.54, 1.807) is 6.92 Å². The molecule has 1 aliphatic heterocycles. The Balaban J connectivity index is 1.89. The third kappa shape index (κ3) is 4.24. The summed E-state index contributed by atoms with van der Waals surface area (Å²) in [5.74, 6) is -0.205. The van der Waals surface area contributed by atoms with Gasteiger partial charge in [-0.15, -0.1) is 0 Å². The van der Waals surface area contributed by atoms with Gasteiger partial charge in [-0.2, -0.15) is 18.3 Å². The van der Waals surface area contributed by atoms with E-state index in [1.807, 2.05) is 4.90 Å². The van der Waals surface area contributed by atoms with Gasteiger partial charge in [-0.3, -0.25) is 9.69 Å². The van der Waals surface area contributed by atoms with E-state index in [0.29, 0.717) is 0 Å². The Labute approximate surface area is 148 Å². The maximum atomic E-state index is 13.5. The van der Waals surface area contributed by atoms with Crippen molar-refractivity contribution in [1.29, 1.82) is 0 Å². The lowest BCUT2D eigenvalue weighted by molar-refractivity contribution is -0.140. The van der Waals surface area contributed by atoms with E-state index in [1.165, 1.54) is 24.3 Å². The summed E-state index contributed by atoms with van der Waals surface area (Å²) >= 11 is 0. The molecule has 1 atom stereocenters. The van der Waals surface area contributed by atoms with Crippen molar-refractivity contribution in [2.24, 2.45) is 0 Å². The van der Waals surface area contributed by atoms with Crippen molar-refractivity contribution >= 4 is 0 Å². The third-order valence-electron chi connectivity index (χ3n) is 4.46. The maximum Gasteiger partial charge on any atom is 0.419 e. The molecule has 0 amide bonds. The summed E-state index contributed by atoms with van der Waals surface area (Å²) in [6.45, 7) is 3.41. The van der Waals surface area contributed by atoms with Crippen LogP contribution in [0.5, 0.6) is 5.75 Å². The first-order valence-electron chi connectivity index (χ1n) is 8.52. The van der Waals surface area contributed by atoms with Crippen LogP contribution in [0.3, 0.4) is 0 Å². The molecule has 1 unspecified atom stereocenters. The first-order chi connectivity index (χ1) is 12.3. The topological polar surface area (TPSA) is 58.2 Å². The van der Waals surface area contributed by atoms with Gasteiger partial charge in [0.05, 0.1) is 11.3 Å². The van der Waals surface area contributed by atoms with Crippen LogP contribution in [0.15, 0.2) is 35.1 Å². The largest absolute Gasteiger partial charge is 0.475 e. The average molecular weight is 367 g/mol. The number of nitrogens with one attached hydrogen (secondary N) is 1. The van der Waals surface area contributed by atoms with Gasteiger partial charge < -0.3 is 4.74 Å². The summed E-state index contributed by atoms with van der Waals surface area (Å²) in [4.78, 5) is 13.1. The van der Waals surface area contributed by atoms with Gasteiger partial charge in [-0.1, -0.05) is 6.42 Å². The fourth-order valence-electron chi connectivity index (χ4n) is 3.06. The summed E-state index contributed by atoms with van der Waals surface area (Å²) in [7, 11) is 0. The van der Waals surface area contributed by atoms with E-state index >= 15 is 0 Å². The zero-order valence-electron chi connectivity index (χ0n) is 14.3. The second-order valence-electron chi connectivity index (χ2n) is 6.33. The highest BCUT2D eigenvalue weighted by Crippen LogP contribution is 2.39. The molecule has 1 saturated heterocycles. The van der Waals surface area contributed by atoms with E-state index in [-0.39, 0.29) is 17.0 Å². The SMILES string of the molecule is CC(Oc1ccc(-c2ccc(=O)[nH]n2)cc1C(F)(F)F)N1CCCCC1. The molecule has 0 radical (unpaired) electrons. The van der Waals surface area contributed by atoms with Gasteiger partial charge in [0.25, 0.3) is 5.56 Å². The van der Waals surface area contributed by atoms with E-state index in [0.717, 1.165) is 38.4 Å². The van der Waals surface area contributed by atoms with Crippen molar-refractivity contribution in [2.45, 2.75) is 38.6 Å². The fourth-order valence-corrected chi connectivity index (χ4v) is 3.06. The zero-order valence-corrected chi connectivity index (χ0v) is 14.3. The Bertz CT molecular complexity index is 794. The van der Waals surface area contributed by atoms with Crippen molar-refractivity contribution in [2.75, 3.05) is 13.1 Å². The standard InChI is InChI=1S/C18H20F3N3O2/c1-12(24-9-3-2-4-10-24)26-16-7-5-13(11-14(16)18(19,20)21)15-6-8-17(25)23-22-15/h5-8,11-12H,2-4,9-10H2,1H3,(H,23,25). The van der Waals surface area contributed by atoms with Gasteiger partial charge in [0.2, 0.25) is 0 Å². The summed E-state index contributed by atoms with van der Waals surface area (Å²) < 4.78 is 46.2. The lowest BCUT2D eigenvalue weighted by atomic mass is 10.1. The first-order valence-corrected chi connectivity index (χ1v) is 8.52. The number of ether oxygens (including phenoxy) is 1. The van der Waals surface area contributed by atoms with Gasteiger partial charge in [0, 0.05) is 24.7 Å². The molecular formula is C18H20F3N3O2. The number of rotatable bonds is 4. The van der Waals surface area contributed by atoms with Crippen LogP contribution in [-0.4, -0.2) is 34.4 Å². The van der Waals surface area contributed by atoms with E-state index < -0.39 is 23.5 Å². The molecule has 1 aromatic heterocycles. The molecule has 0 aliphatic carbocycles. The van der Waals surface area contributed by atoms with Crippen LogP contribution >= 0.6 is 0 Å². The van der Waals surface area contributed by atoms with Crippen LogP contribution in [0, 0.1) is 0 Å². The second-order valence-corrected chi connectivity index (χ2v) is 6.33. The molecular weight excluding hydrogens is 347 g/mol. The second kappa shape index (κ2) is 7.49. The minimum Gasteiger partial charge on any atom is -0.475 e. The molecule has 26 heavy (non-hydrogen) atoms. The number of aromatic nitrogens is 2. The molecule has 8 heteroatoms. The highest BCUT2D eigenvalue weighted by Gasteiger charge is 2.35. The quantitative estimate of drug-likeness (QED) is 0.896. The molecule has 3 rings (SSSR count). The highest BCUT2D eigenvalue weighted by molar-refractivity contribution is 5.62. The van der Waals surface area contributed by atoms with Gasteiger partial charge in [0.15, 0.2) is 0 Å². The van der Waals surface area contributed by atoms with Crippen molar-refractivity contribution in [3.8, 4) is 17.0 Å². The van der Waals surface area contributed by atoms with E-state index in [4.69, 9.17) is 4.74 Å². The molecule has 1 aromatic carbocycles. The Morgan fingerprint density at radius 3 is 2.50 bits per heavy atom. The minimum absolute atomic E-state index is 0.205. The smallest absolute Gasteiger partial charge is 0.419 e.